The number of carbonyl (C=O) groups is 1. The fraction of sp³-hybridized carbons (Fsp3) is 0.885. The van der Waals surface area contributed by atoms with E-state index < -0.39 is 0 Å². The molecule has 4 rings (SSSR count). The van der Waals surface area contributed by atoms with Crippen molar-refractivity contribution < 1.29 is 14.7 Å². The van der Waals surface area contributed by atoms with Crippen LogP contribution >= 0.6 is 0 Å². The van der Waals surface area contributed by atoms with E-state index in [2.05, 4.69) is 26.8 Å². The third kappa shape index (κ3) is 3.56. The highest BCUT2D eigenvalue weighted by Gasteiger charge is 2.59. The topological polar surface area (TPSA) is 49.8 Å². The van der Waals surface area contributed by atoms with Crippen molar-refractivity contribution in [3.05, 3.63) is 11.6 Å². The molecule has 4 aliphatic rings. The van der Waals surface area contributed by atoms with Gasteiger partial charge in [-0.15, -0.1) is 0 Å². The molecule has 3 saturated carbocycles. The van der Waals surface area contributed by atoms with Gasteiger partial charge in [-0.3, -0.25) is 9.63 Å². The van der Waals surface area contributed by atoms with E-state index in [1.54, 1.807) is 19.7 Å². The third-order valence-electron chi connectivity index (χ3n) is 10.3. The molecule has 8 atom stereocenters. The van der Waals surface area contributed by atoms with E-state index >= 15 is 0 Å². The molecule has 0 unspecified atom stereocenters. The highest BCUT2D eigenvalue weighted by Crippen LogP contribution is 2.67. The van der Waals surface area contributed by atoms with Crippen molar-refractivity contribution in [2.75, 3.05) is 14.2 Å². The fourth-order valence-corrected chi connectivity index (χ4v) is 8.43. The number of carbonyl (C=O) groups excluding carboxylic acids is 1. The van der Waals surface area contributed by atoms with Crippen molar-refractivity contribution in [3.8, 4) is 0 Å². The molecule has 0 bridgehead atoms. The lowest BCUT2D eigenvalue weighted by Gasteiger charge is -2.58. The molecule has 4 nitrogen and oxygen atoms in total. The SMILES string of the molecule is CON(C)C(=O)CC[C@@H](C)[C@H]1CC[C@H]2[C@@H]3CC=C4C[C@@H](O)CC[C@]4(C)[C@H]3CC[C@]12C. The molecular weight excluding hydrogens is 374 g/mol. The van der Waals surface area contributed by atoms with Crippen LogP contribution in [0.4, 0.5) is 0 Å². The molecule has 1 N–H and O–H groups in total. The van der Waals surface area contributed by atoms with Gasteiger partial charge in [0.05, 0.1) is 13.2 Å². The van der Waals surface area contributed by atoms with Gasteiger partial charge >= 0.3 is 0 Å². The third-order valence-corrected chi connectivity index (χ3v) is 10.3. The first-order valence-electron chi connectivity index (χ1n) is 12.4. The summed E-state index contributed by atoms with van der Waals surface area (Å²) in [6, 6.07) is 0. The first-order chi connectivity index (χ1) is 14.2. The number of allylic oxidation sites excluding steroid dienone is 1. The van der Waals surface area contributed by atoms with Gasteiger partial charge in [-0.25, -0.2) is 5.06 Å². The molecule has 0 heterocycles. The number of fused-ring (bicyclic) bond motifs is 5. The van der Waals surface area contributed by atoms with E-state index in [1.165, 1.54) is 43.6 Å². The number of aliphatic hydroxyl groups is 1. The Bertz CT molecular complexity index is 690. The van der Waals surface area contributed by atoms with Gasteiger partial charge in [-0.1, -0.05) is 32.4 Å². The van der Waals surface area contributed by atoms with Crippen LogP contribution < -0.4 is 0 Å². The molecule has 170 valence electrons. The van der Waals surface area contributed by atoms with Crippen LogP contribution in [-0.2, 0) is 9.63 Å². The molecule has 3 fully saturated rings. The largest absolute Gasteiger partial charge is 0.393 e. The Hall–Kier alpha value is -0.870. The van der Waals surface area contributed by atoms with Crippen LogP contribution in [0.25, 0.3) is 0 Å². The van der Waals surface area contributed by atoms with Crippen LogP contribution in [0.3, 0.4) is 0 Å². The maximum Gasteiger partial charge on any atom is 0.245 e. The van der Waals surface area contributed by atoms with E-state index in [9.17, 15) is 9.90 Å². The molecule has 0 aromatic carbocycles. The zero-order chi connectivity index (χ0) is 21.7. The molecule has 0 aromatic rings. The van der Waals surface area contributed by atoms with Crippen LogP contribution in [-0.4, -0.2) is 36.3 Å². The van der Waals surface area contributed by atoms with Crippen LogP contribution in [0.15, 0.2) is 11.6 Å². The van der Waals surface area contributed by atoms with E-state index in [-0.39, 0.29) is 12.0 Å². The van der Waals surface area contributed by atoms with Crippen molar-refractivity contribution in [3.63, 3.8) is 0 Å². The van der Waals surface area contributed by atoms with Gasteiger partial charge < -0.3 is 5.11 Å². The number of aliphatic hydroxyl groups excluding tert-OH is 1. The van der Waals surface area contributed by atoms with Gasteiger partial charge in [0.1, 0.15) is 0 Å². The minimum absolute atomic E-state index is 0.0881. The number of amides is 1. The number of hydrogen-bond donors (Lipinski definition) is 1. The predicted octanol–water partition coefficient (Wildman–Crippen LogP) is 5.36. The molecule has 30 heavy (non-hydrogen) atoms. The molecule has 0 saturated heterocycles. The number of hydrogen-bond acceptors (Lipinski definition) is 3. The van der Waals surface area contributed by atoms with Crippen molar-refractivity contribution in [1.82, 2.24) is 5.06 Å². The van der Waals surface area contributed by atoms with Crippen molar-refractivity contribution in [1.29, 1.82) is 0 Å². The van der Waals surface area contributed by atoms with Crippen LogP contribution in [0, 0.1) is 40.4 Å². The summed E-state index contributed by atoms with van der Waals surface area (Å²) in [5, 5.41) is 11.6. The normalized spacial score (nSPS) is 43.8. The monoisotopic (exact) mass is 417 g/mol. The summed E-state index contributed by atoms with van der Waals surface area (Å²) in [6.07, 6.45) is 13.6. The molecule has 0 aromatic heterocycles. The fourth-order valence-electron chi connectivity index (χ4n) is 8.43. The lowest BCUT2D eigenvalue weighted by molar-refractivity contribution is -0.169. The summed E-state index contributed by atoms with van der Waals surface area (Å²) in [6.45, 7) is 7.47. The summed E-state index contributed by atoms with van der Waals surface area (Å²) in [5.41, 5.74) is 2.31. The van der Waals surface area contributed by atoms with Gasteiger partial charge in [0, 0.05) is 13.5 Å². The molecule has 0 radical (unpaired) electrons. The second kappa shape index (κ2) is 8.24. The Morgan fingerprint density at radius 1 is 1.23 bits per heavy atom. The van der Waals surface area contributed by atoms with Gasteiger partial charge in [-0.05, 0) is 98.2 Å². The zero-order valence-corrected chi connectivity index (χ0v) is 19.8. The quantitative estimate of drug-likeness (QED) is 0.484. The van der Waals surface area contributed by atoms with E-state index in [1.807, 2.05) is 0 Å². The minimum atomic E-state index is -0.119. The average Bonchev–Trinajstić information content (AvgIpc) is 3.09. The maximum absolute atomic E-state index is 12.2. The van der Waals surface area contributed by atoms with Gasteiger partial charge in [0.25, 0.3) is 0 Å². The van der Waals surface area contributed by atoms with Crippen LogP contribution in [0.5, 0.6) is 0 Å². The summed E-state index contributed by atoms with van der Waals surface area (Å²) >= 11 is 0. The lowest BCUT2D eigenvalue weighted by Crippen LogP contribution is -2.50. The molecule has 1 amide bonds. The van der Waals surface area contributed by atoms with E-state index in [4.69, 9.17) is 4.84 Å². The number of hydroxylamine groups is 2. The molecule has 0 spiro atoms. The summed E-state index contributed by atoms with van der Waals surface area (Å²) in [5.74, 6) is 3.84. The Labute approximate surface area is 183 Å². The Morgan fingerprint density at radius 2 is 2.00 bits per heavy atom. The summed E-state index contributed by atoms with van der Waals surface area (Å²) in [4.78, 5) is 17.3. The smallest absolute Gasteiger partial charge is 0.245 e. The predicted molar refractivity (Wildman–Crippen MR) is 119 cm³/mol. The van der Waals surface area contributed by atoms with Gasteiger partial charge in [0.15, 0.2) is 0 Å². The van der Waals surface area contributed by atoms with E-state index in [0.29, 0.717) is 23.2 Å². The number of nitrogens with zero attached hydrogens (tertiary/aromatic N) is 1. The second-order valence-electron chi connectivity index (χ2n) is 11.5. The highest BCUT2D eigenvalue weighted by molar-refractivity contribution is 5.74. The van der Waals surface area contributed by atoms with Crippen LogP contribution in [0.1, 0.15) is 85.0 Å². The zero-order valence-electron chi connectivity index (χ0n) is 19.8. The van der Waals surface area contributed by atoms with Crippen LogP contribution in [0.2, 0.25) is 0 Å². The first kappa shape index (κ1) is 22.3. The highest BCUT2D eigenvalue weighted by atomic mass is 16.7. The van der Waals surface area contributed by atoms with E-state index in [0.717, 1.165) is 42.9 Å². The number of rotatable bonds is 5. The molecule has 0 aliphatic heterocycles. The maximum atomic E-state index is 12.2. The molecule has 4 heteroatoms. The molecule has 4 aliphatic carbocycles. The Morgan fingerprint density at radius 3 is 2.73 bits per heavy atom. The first-order valence-corrected chi connectivity index (χ1v) is 12.4. The second-order valence-corrected chi connectivity index (χ2v) is 11.5. The average molecular weight is 418 g/mol. The minimum Gasteiger partial charge on any atom is -0.393 e. The Kier molecular flexibility index (Phi) is 6.13. The van der Waals surface area contributed by atoms with Gasteiger partial charge in [-0.2, -0.15) is 0 Å². The summed E-state index contributed by atoms with van der Waals surface area (Å²) < 4.78 is 0. The standard InChI is InChI=1S/C26H43NO3/c1-17(6-11-24(29)27(4)30-5)21-9-10-22-20-8-7-18-16-19(28)12-14-25(18,2)23(20)13-15-26(21,22)3/h7,17,19-23,28H,6,8-16H2,1-5H3/t17-,19+,20+,21-,22+,23+,25+,26-/m1/s1. The Balaban J connectivity index is 1.47. The summed E-state index contributed by atoms with van der Waals surface area (Å²) in [7, 11) is 3.26. The molecular formula is C26H43NO3. The van der Waals surface area contributed by atoms with Gasteiger partial charge in [0.2, 0.25) is 5.91 Å². The van der Waals surface area contributed by atoms with Crippen molar-refractivity contribution >= 4 is 5.91 Å². The van der Waals surface area contributed by atoms with Crippen molar-refractivity contribution in [2.45, 2.75) is 91.1 Å². The lowest BCUT2D eigenvalue weighted by atomic mass is 9.47. The van der Waals surface area contributed by atoms with Crippen molar-refractivity contribution in [2.24, 2.45) is 40.4 Å².